The second-order valence-corrected chi connectivity index (χ2v) is 4.99. The maximum Gasteiger partial charge on any atom is 0.0351 e. The molecule has 2 aromatic rings. The summed E-state index contributed by atoms with van der Waals surface area (Å²) < 4.78 is 1.45. The third kappa shape index (κ3) is 1.46. The van der Waals surface area contributed by atoms with Gasteiger partial charge in [-0.2, -0.15) is 0 Å². The quantitative estimate of drug-likeness (QED) is 0.677. The van der Waals surface area contributed by atoms with Gasteiger partial charge in [0.25, 0.3) is 0 Å². The van der Waals surface area contributed by atoms with Gasteiger partial charge in [-0.1, -0.05) is 25.5 Å². The van der Waals surface area contributed by atoms with E-state index < -0.39 is 0 Å². The lowest BCUT2D eigenvalue weighted by atomic mass is 10.1. The molecule has 1 aromatic heterocycles. The van der Waals surface area contributed by atoms with Gasteiger partial charge in [0, 0.05) is 9.58 Å². The minimum atomic E-state index is 1.23. The molecule has 2 rings (SSSR count). The fourth-order valence-corrected chi connectivity index (χ4v) is 3.41. The van der Waals surface area contributed by atoms with Crippen LogP contribution in [0.4, 0.5) is 0 Å². The van der Waals surface area contributed by atoms with Crippen molar-refractivity contribution < 1.29 is 0 Å². The van der Waals surface area contributed by atoms with E-state index in [1.165, 1.54) is 34.1 Å². The summed E-state index contributed by atoms with van der Waals surface area (Å²) in [5.41, 5.74) is 2.92. The van der Waals surface area contributed by atoms with Crippen molar-refractivity contribution in [3.05, 3.63) is 34.2 Å². The van der Waals surface area contributed by atoms with Gasteiger partial charge in [0.15, 0.2) is 0 Å². The predicted molar refractivity (Wildman–Crippen MR) is 65.3 cm³/mol. The molecule has 0 aliphatic carbocycles. The first-order valence-corrected chi connectivity index (χ1v) is 6.03. The highest BCUT2D eigenvalue weighted by molar-refractivity contribution is 7.19. The molecule has 0 fully saturated rings. The average Bonchev–Trinajstić information content (AvgIpc) is 2.46. The first kappa shape index (κ1) is 9.72. The van der Waals surface area contributed by atoms with Crippen molar-refractivity contribution in [3.8, 4) is 0 Å². The molecule has 0 aliphatic heterocycles. The summed E-state index contributed by atoms with van der Waals surface area (Å²) in [6.07, 6.45) is 2.47. The first-order valence-electron chi connectivity index (χ1n) is 5.21. The van der Waals surface area contributed by atoms with E-state index in [2.05, 4.69) is 39.0 Å². The lowest BCUT2D eigenvalue weighted by Crippen LogP contribution is -1.81. The van der Waals surface area contributed by atoms with Crippen molar-refractivity contribution >= 4 is 21.4 Å². The van der Waals surface area contributed by atoms with E-state index in [0.717, 1.165) is 0 Å². The summed E-state index contributed by atoms with van der Waals surface area (Å²) in [7, 11) is 0. The minimum Gasteiger partial charge on any atom is -0.140 e. The number of thiophene rings is 1. The topological polar surface area (TPSA) is 0 Å². The van der Waals surface area contributed by atoms with Gasteiger partial charge in [-0.25, -0.2) is 0 Å². The van der Waals surface area contributed by atoms with E-state index in [1.807, 2.05) is 11.3 Å². The average molecular weight is 204 g/mol. The summed E-state index contributed by atoms with van der Waals surface area (Å²) in [5, 5.41) is 1.49. The van der Waals surface area contributed by atoms with Crippen LogP contribution < -0.4 is 0 Å². The number of hydrogen-bond acceptors (Lipinski definition) is 1. The largest absolute Gasteiger partial charge is 0.140 e. The highest BCUT2D eigenvalue weighted by atomic mass is 32.1. The van der Waals surface area contributed by atoms with Crippen molar-refractivity contribution in [1.82, 2.24) is 0 Å². The Balaban J connectivity index is 2.68. The van der Waals surface area contributed by atoms with Crippen LogP contribution in [0.25, 0.3) is 10.1 Å². The van der Waals surface area contributed by atoms with E-state index in [0.29, 0.717) is 0 Å². The second kappa shape index (κ2) is 3.74. The normalized spacial score (nSPS) is 11.1. The number of fused-ring (bicyclic) bond motifs is 1. The fourth-order valence-electron chi connectivity index (χ4n) is 2.02. The zero-order valence-electron chi connectivity index (χ0n) is 9.05. The molecule has 1 heterocycles. The molecule has 0 saturated heterocycles. The van der Waals surface area contributed by atoms with Crippen LogP contribution in [0.3, 0.4) is 0 Å². The molecule has 1 heteroatoms. The van der Waals surface area contributed by atoms with Gasteiger partial charge in [0.2, 0.25) is 0 Å². The van der Waals surface area contributed by atoms with Crippen LogP contribution in [0.2, 0.25) is 0 Å². The Labute approximate surface area is 89.6 Å². The Morgan fingerprint density at radius 2 is 2.00 bits per heavy atom. The van der Waals surface area contributed by atoms with Crippen LogP contribution in [0.1, 0.15) is 29.3 Å². The molecule has 0 unspecified atom stereocenters. The number of aryl methyl sites for hydroxylation is 3. The van der Waals surface area contributed by atoms with E-state index in [-0.39, 0.29) is 0 Å². The molecule has 0 aliphatic rings. The van der Waals surface area contributed by atoms with Crippen molar-refractivity contribution in [1.29, 1.82) is 0 Å². The molecular weight excluding hydrogens is 188 g/mol. The van der Waals surface area contributed by atoms with Crippen molar-refractivity contribution in [2.75, 3.05) is 0 Å². The van der Waals surface area contributed by atoms with Gasteiger partial charge in [-0.3, -0.25) is 0 Å². The maximum atomic E-state index is 2.26. The van der Waals surface area contributed by atoms with Crippen LogP contribution in [-0.4, -0.2) is 0 Å². The molecule has 0 nitrogen and oxygen atoms in total. The van der Waals surface area contributed by atoms with Gasteiger partial charge < -0.3 is 0 Å². The van der Waals surface area contributed by atoms with Crippen LogP contribution in [0.15, 0.2) is 18.2 Å². The monoisotopic (exact) mass is 204 g/mol. The molecule has 0 bridgehead atoms. The third-order valence-electron chi connectivity index (χ3n) is 2.74. The summed E-state index contributed by atoms with van der Waals surface area (Å²) in [4.78, 5) is 1.57. The molecular formula is C13H16S. The lowest BCUT2D eigenvalue weighted by Gasteiger charge is -1.98. The molecule has 0 N–H and O–H groups in total. The van der Waals surface area contributed by atoms with Gasteiger partial charge in [-0.05, 0) is 42.8 Å². The lowest BCUT2D eigenvalue weighted by molar-refractivity contribution is 0.934. The smallest absolute Gasteiger partial charge is 0.0351 e. The Kier molecular flexibility index (Phi) is 2.60. The number of rotatable bonds is 2. The van der Waals surface area contributed by atoms with Gasteiger partial charge >= 0.3 is 0 Å². The predicted octanol–water partition coefficient (Wildman–Crippen LogP) is 4.47. The summed E-state index contributed by atoms with van der Waals surface area (Å²) in [6.45, 7) is 6.71. The Hall–Kier alpha value is -0.820. The zero-order chi connectivity index (χ0) is 10.1. The molecule has 0 saturated carbocycles. The van der Waals surface area contributed by atoms with E-state index >= 15 is 0 Å². The number of benzene rings is 1. The van der Waals surface area contributed by atoms with Crippen LogP contribution >= 0.6 is 11.3 Å². The molecule has 1 aromatic carbocycles. The fraction of sp³-hybridized carbons (Fsp3) is 0.385. The molecule has 0 radical (unpaired) electrons. The van der Waals surface area contributed by atoms with Gasteiger partial charge in [0.05, 0.1) is 0 Å². The van der Waals surface area contributed by atoms with Crippen LogP contribution in [-0.2, 0) is 6.42 Å². The standard InChI is InChI=1S/C13H16S/c1-4-6-11-10(3)13-9(2)7-5-8-12(13)14-11/h5,7-8H,4,6H2,1-3H3. The van der Waals surface area contributed by atoms with Crippen LogP contribution in [0, 0.1) is 13.8 Å². The maximum absolute atomic E-state index is 2.26. The summed E-state index contributed by atoms with van der Waals surface area (Å²) >= 11 is 1.96. The summed E-state index contributed by atoms with van der Waals surface area (Å²) in [6, 6.07) is 6.60. The molecule has 0 amide bonds. The zero-order valence-corrected chi connectivity index (χ0v) is 9.87. The van der Waals surface area contributed by atoms with Gasteiger partial charge in [0.1, 0.15) is 0 Å². The highest BCUT2D eigenvalue weighted by Crippen LogP contribution is 2.33. The SMILES string of the molecule is CCCc1sc2cccc(C)c2c1C. The molecule has 0 atom stereocenters. The van der Waals surface area contributed by atoms with E-state index in [4.69, 9.17) is 0 Å². The van der Waals surface area contributed by atoms with E-state index in [9.17, 15) is 0 Å². The van der Waals surface area contributed by atoms with E-state index in [1.54, 1.807) is 4.88 Å². The molecule has 0 spiro atoms. The first-order chi connectivity index (χ1) is 6.74. The Morgan fingerprint density at radius 3 is 2.64 bits per heavy atom. The molecule has 74 valence electrons. The highest BCUT2D eigenvalue weighted by Gasteiger charge is 2.08. The third-order valence-corrected chi connectivity index (χ3v) is 4.05. The minimum absolute atomic E-state index is 1.23. The van der Waals surface area contributed by atoms with Gasteiger partial charge in [-0.15, -0.1) is 11.3 Å². The second-order valence-electron chi connectivity index (χ2n) is 3.85. The van der Waals surface area contributed by atoms with Crippen molar-refractivity contribution in [3.63, 3.8) is 0 Å². The number of hydrogen-bond donors (Lipinski definition) is 0. The Bertz CT molecular complexity index is 451. The Morgan fingerprint density at radius 1 is 1.21 bits per heavy atom. The molecule has 14 heavy (non-hydrogen) atoms. The van der Waals surface area contributed by atoms with Crippen molar-refractivity contribution in [2.24, 2.45) is 0 Å². The van der Waals surface area contributed by atoms with Crippen LogP contribution in [0.5, 0.6) is 0 Å². The summed E-state index contributed by atoms with van der Waals surface area (Å²) in [5.74, 6) is 0. The van der Waals surface area contributed by atoms with Crippen molar-refractivity contribution in [2.45, 2.75) is 33.6 Å².